The van der Waals surface area contributed by atoms with Crippen molar-refractivity contribution < 1.29 is 9.90 Å². The number of carbonyl (C=O) groups is 1. The minimum atomic E-state index is -0.847. The van der Waals surface area contributed by atoms with Crippen LogP contribution in [0.1, 0.15) is 25.8 Å². The van der Waals surface area contributed by atoms with Gasteiger partial charge in [0.2, 0.25) is 0 Å². The fourth-order valence-corrected chi connectivity index (χ4v) is 2.28. The van der Waals surface area contributed by atoms with E-state index in [-0.39, 0.29) is 0 Å². The van der Waals surface area contributed by atoms with Crippen molar-refractivity contribution in [2.45, 2.75) is 20.3 Å². The number of benzene rings is 2. The summed E-state index contributed by atoms with van der Waals surface area (Å²) in [7, 11) is 0. The number of aliphatic carboxylic acids is 1. The van der Waals surface area contributed by atoms with E-state index in [0.29, 0.717) is 12.0 Å². The number of hydrogen-bond acceptors (Lipinski definition) is 1. The number of allylic oxidation sites excluding steroid dienone is 1. The molecular formula is C16H16O2. The van der Waals surface area contributed by atoms with Crippen LogP contribution in [0.4, 0.5) is 0 Å². The lowest BCUT2D eigenvalue weighted by Crippen LogP contribution is -2.01. The lowest BCUT2D eigenvalue weighted by Gasteiger charge is -2.11. The van der Waals surface area contributed by atoms with Crippen LogP contribution >= 0.6 is 0 Å². The molecule has 2 nitrogen and oxygen atoms in total. The largest absolute Gasteiger partial charge is 0.478 e. The highest BCUT2D eigenvalue weighted by molar-refractivity contribution is 6.01. The van der Waals surface area contributed by atoms with Crippen LogP contribution in [0.5, 0.6) is 0 Å². The first-order chi connectivity index (χ1) is 8.65. The van der Waals surface area contributed by atoms with Gasteiger partial charge >= 0.3 is 5.97 Å². The number of carboxylic acids is 1. The van der Waals surface area contributed by atoms with Gasteiger partial charge in [-0.05, 0) is 35.3 Å². The SMILES string of the molecule is CC/C(=C(/C)C(=O)O)c1cccc2ccccc12. The van der Waals surface area contributed by atoms with Crippen molar-refractivity contribution in [1.82, 2.24) is 0 Å². The van der Waals surface area contributed by atoms with Crippen LogP contribution in [0.15, 0.2) is 48.0 Å². The Balaban J connectivity index is 2.74. The van der Waals surface area contributed by atoms with E-state index in [0.717, 1.165) is 21.9 Å². The fourth-order valence-electron chi connectivity index (χ4n) is 2.28. The summed E-state index contributed by atoms with van der Waals surface area (Å²) in [5, 5.41) is 11.4. The topological polar surface area (TPSA) is 37.3 Å². The highest BCUT2D eigenvalue weighted by Gasteiger charge is 2.11. The molecule has 0 aliphatic carbocycles. The molecule has 0 saturated carbocycles. The van der Waals surface area contributed by atoms with Crippen molar-refractivity contribution in [3.8, 4) is 0 Å². The van der Waals surface area contributed by atoms with Crippen LogP contribution in [0, 0.1) is 0 Å². The molecule has 0 spiro atoms. The number of rotatable bonds is 3. The molecule has 92 valence electrons. The third kappa shape index (κ3) is 2.14. The molecule has 18 heavy (non-hydrogen) atoms. The second-order valence-electron chi connectivity index (χ2n) is 4.29. The van der Waals surface area contributed by atoms with E-state index in [1.807, 2.05) is 49.4 Å². The minimum Gasteiger partial charge on any atom is -0.478 e. The Morgan fingerprint density at radius 2 is 1.78 bits per heavy atom. The summed E-state index contributed by atoms with van der Waals surface area (Å²) in [5.41, 5.74) is 2.35. The molecule has 2 heteroatoms. The van der Waals surface area contributed by atoms with Gasteiger partial charge in [-0.1, -0.05) is 49.4 Å². The molecule has 0 radical (unpaired) electrons. The Morgan fingerprint density at radius 1 is 1.11 bits per heavy atom. The Bertz CT molecular complexity index is 619. The van der Waals surface area contributed by atoms with Gasteiger partial charge < -0.3 is 5.11 Å². The van der Waals surface area contributed by atoms with E-state index in [2.05, 4.69) is 0 Å². The van der Waals surface area contributed by atoms with Crippen LogP contribution in [0.25, 0.3) is 16.3 Å². The molecule has 0 aliphatic heterocycles. The van der Waals surface area contributed by atoms with Crippen molar-refractivity contribution in [3.63, 3.8) is 0 Å². The average molecular weight is 240 g/mol. The Labute approximate surface area is 107 Å². The van der Waals surface area contributed by atoms with Gasteiger partial charge in [-0.25, -0.2) is 4.79 Å². The highest BCUT2D eigenvalue weighted by atomic mass is 16.4. The van der Waals surface area contributed by atoms with Gasteiger partial charge in [0.25, 0.3) is 0 Å². The molecule has 1 N–H and O–H groups in total. The summed E-state index contributed by atoms with van der Waals surface area (Å²) < 4.78 is 0. The van der Waals surface area contributed by atoms with E-state index >= 15 is 0 Å². The van der Waals surface area contributed by atoms with Gasteiger partial charge in [0.15, 0.2) is 0 Å². The third-order valence-electron chi connectivity index (χ3n) is 3.24. The number of fused-ring (bicyclic) bond motifs is 1. The van der Waals surface area contributed by atoms with Crippen molar-refractivity contribution >= 4 is 22.3 Å². The summed E-state index contributed by atoms with van der Waals surface area (Å²) in [5.74, 6) is -0.847. The predicted octanol–water partition coefficient (Wildman–Crippen LogP) is 4.11. The molecule has 0 atom stereocenters. The Morgan fingerprint density at radius 3 is 2.44 bits per heavy atom. The van der Waals surface area contributed by atoms with Gasteiger partial charge in [-0.3, -0.25) is 0 Å². The molecule has 0 amide bonds. The summed E-state index contributed by atoms with van der Waals surface area (Å²) in [6.45, 7) is 3.66. The van der Waals surface area contributed by atoms with Gasteiger partial charge in [-0.15, -0.1) is 0 Å². The molecule has 2 rings (SSSR count). The first-order valence-corrected chi connectivity index (χ1v) is 6.06. The zero-order valence-corrected chi connectivity index (χ0v) is 10.6. The second-order valence-corrected chi connectivity index (χ2v) is 4.29. The van der Waals surface area contributed by atoms with E-state index < -0.39 is 5.97 Å². The first-order valence-electron chi connectivity index (χ1n) is 6.06. The molecule has 2 aromatic carbocycles. The molecule has 0 bridgehead atoms. The molecule has 0 unspecified atom stereocenters. The van der Waals surface area contributed by atoms with Gasteiger partial charge in [0.1, 0.15) is 0 Å². The molecule has 0 aromatic heterocycles. The summed E-state index contributed by atoms with van der Waals surface area (Å²) in [4.78, 5) is 11.2. The van der Waals surface area contributed by atoms with Gasteiger partial charge in [0, 0.05) is 5.57 Å². The maximum absolute atomic E-state index is 11.2. The third-order valence-corrected chi connectivity index (χ3v) is 3.24. The van der Waals surface area contributed by atoms with Crippen LogP contribution < -0.4 is 0 Å². The van der Waals surface area contributed by atoms with E-state index in [9.17, 15) is 4.79 Å². The van der Waals surface area contributed by atoms with E-state index in [1.165, 1.54) is 0 Å². The standard InChI is InChI=1S/C16H16O2/c1-3-13(11(2)16(17)18)15-10-6-8-12-7-4-5-9-14(12)15/h4-10H,3H2,1-2H3,(H,17,18)/b13-11+. The zero-order valence-electron chi connectivity index (χ0n) is 10.6. The highest BCUT2D eigenvalue weighted by Crippen LogP contribution is 2.29. The lowest BCUT2D eigenvalue weighted by atomic mass is 9.93. The number of hydrogen-bond donors (Lipinski definition) is 1. The summed E-state index contributed by atoms with van der Waals surface area (Å²) in [6.07, 6.45) is 0.714. The van der Waals surface area contributed by atoms with Gasteiger partial charge in [0.05, 0.1) is 0 Å². The predicted molar refractivity (Wildman–Crippen MR) is 74.5 cm³/mol. The second kappa shape index (κ2) is 5.05. The first kappa shape index (κ1) is 12.4. The lowest BCUT2D eigenvalue weighted by molar-refractivity contribution is -0.132. The van der Waals surface area contributed by atoms with Crippen molar-refractivity contribution in [2.75, 3.05) is 0 Å². The van der Waals surface area contributed by atoms with E-state index in [4.69, 9.17) is 5.11 Å². The quantitative estimate of drug-likeness (QED) is 0.820. The smallest absolute Gasteiger partial charge is 0.331 e. The molecule has 0 saturated heterocycles. The monoisotopic (exact) mass is 240 g/mol. The van der Waals surface area contributed by atoms with Gasteiger partial charge in [-0.2, -0.15) is 0 Å². The average Bonchev–Trinajstić information content (AvgIpc) is 2.39. The maximum Gasteiger partial charge on any atom is 0.331 e. The normalized spacial score (nSPS) is 12.3. The summed E-state index contributed by atoms with van der Waals surface area (Å²) in [6, 6.07) is 14.1. The van der Waals surface area contributed by atoms with Crippen molar-refractivity contribution in [3.05, 3.63) is 53.6 Å². The molecular weight excluding hydrogens is 224 g/mol. The van der Waals surface area contributed by atoms with Crippen LogP contribution in [-0.4, -0.2) is 11.1 Å². The van der Waals surface area contributed by atoms with Crippen LogP contribution in [-0.2, 0) is 4.79 Å². The molecule has 0 aliphatic rings. The fraction of sp³-hybridized carbons (Fsp3) is 0.188. The number of carboxylic acid groups (broad SMARTS) is 1. The minimum absolute atomic E-state index is 0.425. The summed E-state index contributed by atoms with van der Waals surface area (Å²) >= 11 is 0. The Kier molecular flexibility index (Phi) is 3.47. The maximum atomic E-state index is 11.2. The molecule has 0 heterocycles. The Hall–Kier alpha value is -2.09. The molecule has 2 aromatic rings. The van der Waals surface area contributed by atoms with E-state index in [1.54, 1.807) is 6.92 Å². The van der Waals surface area contributed by atoms with Crippen LogP contribution in [0.2, 0.25) is 0 Å². The van der Waals surface area contributed by atoms with Crippen molar-refractivity contribution in [2.24, 2.45) is 0 Å². The molecule has 0 fully saturated rings. The van der Waals surface area contributed by atoms with Crippen LogP contribution in [0.3, 0.4) is 0 Å². The zero-order chi connectivity index (χ0) is 13.1. The van der Waals surface area contributed by atoms with Crippen molar-refractivity contribution in [1.29, 1.82) is 0 Å².